The molecular formula is C16H31NO2. The Balaban J connectivity index is 2.57. The van der Waals surface area contributed by atoms with Gasteiger partial charge in [0.2, 0.25) is 0 Å². The van der Waals surface area contributed by atoms with E-state index in [1.807, 2.05) is 0 Å². The van der Waals surface area contributed by atoms with E-state index in [2.05, 4.69) is 32.6 Å². The molecule has 1 rings (SSSR count). The molecule has 1 aliphatic rings. The van der Waals surface area contributed by atoms with Crippen LogP contribution in [0.4, 0.5) is 0 Å². The van der Waals surface area contributed by atoms with Crippen molar-refractivity contribution >= 4 is 5.78 Å². The van der Waals surface area contributed by atoms with Gasteiger partial charge >= 0.3 is 0 Å². The zero-order valence-electron chi connectivity index (χ0n) is 13.4. The van der Waals surface area contributed by atoms with Gasteiger partial charge in [0.25, 0.3) is 0 Å². The number of ether oxygens (including phenoxy) is 1. The highest BCUT2D eigenvalue weighted by molar-refractivity contribution is 5.82. The smallest absolute Gasteiger partial charge is 0.137 e. The fourth-order valence-electron chi connectivity index (χ4n) is 3.02. The molecule has 0 heterocycles. The highest BCUT2D eigenvalue weighted by Gasteiger charge is 2.34. The second-order valence-corrected chi connectivity index (χ2v) is 7.18. The molecule has 0 spiro atoms. The van der Waals surface area contributed by atoms with E-state index in [-0.39, 0.29) is 5.92 Å². The third-order valence-corrected chi connectivity index (χ3v) is 4.02. The summed E-state index contributed by atoms with van der Waals surface area (Å²) in [7, 11) is 1.74. The summed E-state index contributed by atoms with van der Waals surface area (Å²) in [6, 6.07) is 0. The van der Waals surface area contributed by atoms with Gasteiger partial charge in [-0.1, -0.05) is 27.7 Å². The number of carbonyl (C=O) groups excluding carboxylic acids is 1. The standard InChI is InChI=1S/C16H31NO2/c1-13(2)11-17(8-9-19-5)12-14-10-16(3,4)7-6-15(14)18/h13-14H,6-12H2,1-5H3. The predicted octanol–water partition coefficient (Wildman–Crippen LogP) is 2.99. The fraction of sp³-hybridized carbons (Fsp3) is 0.938. The minimum absolute atomic E-state index is 0.222. The lowest BCUT2D eigenvalue weighted by molar-refractivity contribution is -0.127. The third-order valence-electron chi connectivity index (χ3n) is 4.02. The van der Waals surface area contributed by atoms with Crippen LogP contribution in [0.25, 0.3) is 0 Å². The number of Topliss-reactive ketones (excluding diaryl/α,β-unsaturated/α-hetero) is 1. The SMILES string of the molecule is COCCN(CC(C)C)CC1CC(C)(C)CCC1=O. The number of nitrogens with zero attached hydrogens (tertiary/aromatic N) is 1. The quantitative estimate of drug-likeness (QED) is 0.711. The third kappa shape index (κ3) is 6.05. The van der Waals surface area contributed by atoms with E-state index in [0.717, 1.165) is 45.5 Å². The van der Waals surface area contributed by atoms with E-state index in [1.165, 1.54) is 0 Å². The van der Waals surface area contributed by atoms with Gasteiger partial charge in [0, 0.05) is 39.1 Å². The van der Waals surface area contributed by atoms with Crippen molar-refractivity contribution in [3.63, 3.8) is 0 Å². The second kappa shape index (κ2) is 7.39. The molecule has 0 aromatic carbocycles. The summed E-state index contributed by atoms with van der Waals surface area (Å²) in [5, 5.41) is 0. The van der Waals surface area contributed by atoms with E-state index in [1.54, 1.807) is 7.11 Å². The van der Waals surface area contributed by atoms with Crippen LogP contribution in [0.1, 0.15) is 47.0 Å². The van der Waals surface area contributed by atoms with Crippen LogP contribution in [-0.4, -0.2) is 44.0 Å². The molecule has 0 radical (unpaired) electrons. The number of carbonyl (C=O) groups is 1. The van der Waals surface area contributed by atoms with Crippen LogP contribution in [0.15, 0.2) is 0 Å². The Labute approximate surface area is 118 Å². The molecule has 1 aliphatic carbocycles. The van der Waals surface area contributed by atoms with Gasteiger partial charge in [-0.2, -0.15) is 0 Å². The van der Waals surface area contributed by atoms with Crippen molar-refractivity contribution in [2.24, 2.45) is 17.3 Å². The largest absolute Gasteiger partial charge is 0.383 e. The Kier molecular flexibility index (Phi) is 6.48. The Hall–Kier alpha value is -0.410. The first-order valence-electron chi connectivity index (χ1n) is 7.58. The van der Waals surface area contributed by atoms with Gasteiger partial charge in [0.1, 0.15) is 5.78 Å². The summed E-state index contributed by atoms with van der Waals surface area (Å²) in [5.74, 6) is 1.31. The fourth-order valence-corrected chi connectivity index (χ4v) is 3.02. The Morgan fingerprint density at radius 3 is 2.68 bits per heavy atom. The van der Waals surface area contributed by atoms with Crippen molar-refractivity contribution in [1.82, 2.24) is 4.90 Å². The van der Waals surface area contributed by atoms with Crippen LogP contribution in [0.5, 0.6) is 0 Å². The van der Waals surface area contributed by atoms with E-state index < -0.39 is 0 Å². The predicted molar refractivity (Wildman–Crippen MR) is 79.3 cm³/mol. The lowest BCUT2D eigenvalue weighted by atomic mass is 9.71. The van der Waals surface area contributed by atoms with Crippen LogP contribution in [0.3, 0.4) is 0 Å². The average molecular weight is 269 g/mol. The number of ketones is 1. The van der Waals surface area contributed by atoms with E-state index in [0.29, 0.717) is 17.1 Å². The average Bonchev–Trinajstić information content (AvgIpc) is 2.30. The first-order valence-corrected chi connectivity index (χ1v) is 7.58. The number of hydrogen-bond acceptors (Lipinski definition) is 3. The molecule has 3 heteroatoms. The molecule has 112 valence electrons. The monoisotopic (exact) mass is 269 g/mol. The van der Waals surface area contributed by atoms with Gasteiger partial charge in [-0.3, -0.25) is 4.79 Å². The first-order chi connectivity index (χ1) is 8.84. The molecule has 3 nitrogen and oxygen atoms in total. The minimum atomic E-state index is 0.222. The molecule has 1 atom stereocenters. The number of hydrogen-bond donors (Lipinski definition) is 0. The van der Waals surface area contributed by atoms with Crippen molar-refractivity contribution in [1.29, 1.82) is 0 Å². The Bertz CT molecular complexity index is 286. The Morgan fingerprint density at radius 1 is 1.42 bits per heavy atom. The zero-order chi connectivity index (χ0) is 14.5. The zero-order valence-corrected chi connectivity index (χ0v) is 13.4. The molecule has 1 fully saturated rings. The van der Waals surface area contributed by atoms with Gasteiger partial charge in [-0.05, 0) is 24.2 Å². The topological polar surface area (TPSA) is 29.5 Å². The van der Waals surface area contributed by atoms with E-state index in [9.17, 15) is 4.79 Å². The maximum absolute atomic E-state index is 12.1. The molecule has 1 unspecified atom stereocenters. The molecule has 0 bridgehead atoms. The lowest BCUT2D eigenvalue weighted by Gasteiger charge is -2.37. The summed E-state index contributed by atoms with van der Waals surface area (Å²) in [5.41, 5.74) is 0.323. The van der Waals surface area contributed by atoms with Crippen molar-refractivity contribution in [2.45, 2.75) is 47.0 Å². The normalized spacial score (nSPS) is 23.3. The highest BCUT2D eigenvalue weighted by Crippen LogP contribution is 2.37. The van der Waals surface area contributed by atoms with Crippen LogP contribution in [0, 0.1) is 17.3 Å². The van der Waals surface area contributed by atoms with Gasteiger partial charge in [-0.15, -0.1) is 0 Å². The summed E-state index contributed by atoms with van der Waals surface area (Å²) in [6.07, 6.45) is 2.84. The molecule has 0 aromatic rings. The van der Waals surface area contributed by atoms with Crippen LogP contribution < -0.4 is 0 Å². The van der Waals surface area contributed by atoms with Gasteiger partial charge in [0.05, 0.1) is 6.61 Å². The van der Waals surface area contributed by atoms with Crippen molar-refractivity contribution in [2.75, 3.05) is 33.4 Å². The molecule has 0 aromatic heterocycles. The summed E-state index contributed by atoms with van der Waals surface area (Å²) in [6.45, 7) is 12.7. The number of methoxy groups -OCH3 is 1. The minimum Gasteiger partial charge on any atom is -0.383 e. The molecular weight excluding hydrogens is 238 g/mol. The van der Waals surface area contributed by atoms with E-state index in [4.69, 9.17) is 4.74 Å². The van der Waals surface area contributed by atoms with Crippen LogP contribution >= 0.6 is 0 Å². The molecule has 0 saturated heterocycles. The molecule has 1 saturated carbocycles. The van der Waals surface area contributed by atoms with Crippen molar-refractivity contribution in [3.05, 3.63) is 0 Å². The maximum Gasteiger partial charge on any atom is 0.137 e. The van der Waals surface area contributed by atoms with E-state index >= 15 is 0 Å². The molecule has 0 aliphatic heterocycles. The summed E-state index contributed by atoms with van der Waals surface area (Å²) < 4.78 is 5.18. The molecule has 19 heavy (non-hydrogen) atoms. The maximum atomic E-state index is 12.1. The van der Waals surface area contributed by atoms with Gasteiger partial charge in [0.15, 0.2) is 0 Å². The summed E-state index contributed by atoms with van der Waals surface area (Å²) >= 11 is 0. The molecule has 0 N–H and O–H groups in total. The van der Waals surface area contributed by atoms with Gasteiger partial charge < -0.3 is 9.64 Å². The van der Waals surface area contributed by atoms with Gasteiger partial charge in [-0.25, -0.2) is 0 Å². The molecule has 0 amide bonds. The highest BCUT2D eigenvalue weighted by atomic mass is 16.5. The second-order valence-electron chi connectivity index (χ2n) is 7.18. The first kappa shape index (κ1) is 16.6. The number of rotatable bonds is 7. The lowest BCUT2D eigenvalue weighted by Crippen LogP contribution is -2.41. The Morgan fingerprint density at radius 2 is 2.11 bits per heavy atom. The van der Waals surface area contributed by atoms with Crippen LogP contribution in [0.2, 0.25) is 0 Å². The van der Waals surface area contributed by atoms with Crippen LogP contribution in [-0.2, 0) is 9.53 Å². The van der Waals surface area contributed by atoms with Crippen molar-refractivity contribution < 1.29 is 9.53 Å². The summed E-state index contributed by atoms with van der Waals surface area (Å²) in [4.78, 5) is 14.5. The van der Waals surface area contributed by atoms with Crippen molar-refractivity contribution in [3.8, 4) is 0 Å².